The van der Waals surface area contributed by atoms with E-state index in [0.717, 1.165) is 17.9 Å². The van der Waals surface area contributed by atoms with Gasteiger partial charge in [-0.05, 0) is 64.4 Å². The van der Waals surface area contributed by atoms with E-state index >= 15 is 0 Å². The highest BCUT2D eigenvalue weighted by molar-refractivity contribution is 5.41. The fourth-order valence-electron chi connectivity index (χ4n) is 2.96. The largest absolute Gasteiger partial charge is 0.508 e. The predicted octanol–water partition coefficient (Wildman–Crippen LogP) is 2.78. The first-order chi connectivity index (χ1) is 10.0. The minimum absolute atomic E-state index is 0.119. The van der Waals surface area contributed by atoms with Crippen LogP contribution < -0.4 is 10.1 Å². The van der Waals surface area contributed by atoms with Gasteiger partial charge >= 0.3 is 0 Å². The molecule has 1 saturated heterocycles. The van der Waals surface area contributed by atoms with Crippen molar-refractivity contribution in [2.24, 2.45) is 5.92 Å². The van der Waals surface area contributed by atoms with Crippen LogP contribution in [0.1, 0.15) is 38.8 Å². The van der Waals surface area contributed by atoms with E-state index in [1.54, 1.807) is 19.2 Å². The molecule has 21 heavy (non-hydrogen) atoms. The molecule has 118 valence electrons. The van der Waals surface area contributed by atoms with Crippen LogP contribution in [0.15, 0.2) is 18.2 Å². The first-order valence-corrected chi connectivity index (χ1v) is 7.85. The molecule has 1 aliphatic rings. The molecule has 1 aromatic rings. The molecular weight excluding hydrogens is 264 g/mol. The zero-order chi connectivity index (χ0) is 15.4. The molecule has 0 spiro atoms. The summed E-state index contributed by atoms with van der Waals surface area (Å²) in [6.45, 7) is 9.95. The number of aromatic hydroxyl groups is 1. The second-order valence-electron chi connectivity index (χ2n) is 6.30. The Morgan fingerprint density at radius 2 is 2.14 bits per heavy atom. The van der Waals surface area contributed by atoms with Gasteiger partial charge in [0.25, 0.3) is 0 Å². The first-order valence-electron chi connectivity index (χ1n) is 7.85. The summed E-state index contributed by atoms with van der Waals surface area (Å²) in [7, 11) is 1.65. The number of nitrogens with one attached hydrogen (secondary N) is 1. The fourth-order valence-corrected chi connectivity index (χ4v) is 2.96. The molecule has 2 N–H and O–H groups in total. The number of nitrogens with zero attached hydrogens (tertiary/aromatic N) is 1. The lowest BCUT2D eigenvalue weighted by Crippen LogP contribution is -2.31. The van der Waals surface area contributed by atoms with Gasteiger partial charge in [0.15, 0.2) is 0 Å². The lowest BCUT2D eigenvalue weighted by molar-refractivity contribution is 0.263. The molecular formula is C17H28N2O2. The molecule has 0 aliphatic carbocycles. The van der Waals surface area contributed by atoms with Gasteiger partial charge in [-0.15, -0.1) is 0 Å². The number of likely N-dealkylation sites (tertiary alicyclic amines) is 1. The topological polar surface area (TPSA) is 44.7 Å². The van der Waals surface area contributed by atoms with Gasteiger partial charge in [0.05, 0.1) is 7.11 Å². The fraction of sp³-hybridized carbons (Fsp3) is 0.647. The second kappa shape index (κ2) is 7.14. The highest BCUT2D eigenvalue weighted by atomic mass is 16.5. The number of ether oxygens (including phenoxy) is 1. The highest BCUT2D eigenvalue weighted by Gasteiger charge is 2.24. The molecule has 0 aromatic heterocycles. The third kappa shape index (κ3) is 4.11. The number of rotatable bonds is 6. The molecule has 1 fully saturated rings. The summed E-state index contributed by atoms with van der Waals surface area (Å²) < 4.78 is 5.23. The van der Waals surface area contributed by atoms with Crippen LogP contribution in [0.3, 0.4) is 0 Å². The van der Waals surface area contributed by atoms with Gasteiger partial charge in [0.1, 0.15) is 11.5 Å². The van der Waals surface area contributed by atoms with Crippen LogP contribution in [0.4, 0.5) is 0 Å². The van der Waals surface area contributed by atoms with Crippen LogP contribution in [0.2, 0.25) is 0 Å². The molecule has 2 unspecified atom stereocenters. The Balaban J connectivity index is 1.89. The van der Waals surface area contributed by atoms with Gasteiger partial charge in [-0.2, -0.15) is 0 Å². The Morgan fingerprint density at radius 3 is 2.76 bits per heavy atom. The van der Waals surface area contributed by atoms with Gasteiger partial charge in [-0.1, -0.05) is 0 Å². The molecule has 1 aliphatic heterocycles. The van der Waals surface area contributed by atoms with Crippen molar-refractivity contribution in [2.45, 2.75) is 39.3 Å². The smallest absolute Gasteiger partial charge is 0.120 e. The summed E-state index contributed by atoms with van der Waals surface area (Å²) in [5.41, 5.74) is 0.896. The van der Waals surface area contributed by atoms with Gasteiger partial charge < -0.3 is 20.1 Å². The average Bonchev–Trinajstić information content (AvgIpc) is 2.94. The molecule has 1 heterocycles. The lowest BCUT2D eigenvalue weighted by Gasteiger charge is -2.22. The number of benzene rings is 1. The normalized spacial score (nSPS) is 20.9. The van der Waals surface area contributed by atoms with Crippen molar-refractivity contribution < 1.29 is 9.84 Å². The van der Waals surface area contributed by atoms with Crippen molar-refractivity contribution in [1.82, 2.24) is 10.2 Å². The number of methoxy groups -OCH3 is 1. The second-order valence-corrected chi connectivity index (χ2v) is 6.30. The van der Waals surface area contributed by atoms with Crippen LogP contribution in [-0.2, 0) is 0 Å². The maximum Gasteiger partial charge on any atom is 0.120 e. The number of phenolic OH excluding ortho intramolecular Hbond substituents is 1. The number of hydrogen-bond acceptors (Lipinski definition) is 4. The molecule has 0 bridgehead atoms. The Hall–Kier alpha value is -1.26. The van der Waals surface area contributed by atoms with Gasteiger partial charge in [-0.3, -0.25) is 0 Å². The van der Waals surface area contributed by atoms with Crippen LogP contribution >= 0.6 is 0 Å². The van der Waals surface area contributed by atoms with E-state index in [4.69, 9.17) is 4.74 Å². The van der Waals surface area contributed by atoms with E-state index in [-0.39, 0.29) is 6.04 Å². The summed E-state index contributed by atoms with van der Waals surface area (Å²) in [6.07, 6.45) is 1.25. The molecule has 0 radical (unpaired) electrons. The molecule has 0 amide bonds. The molecule has 4 heteroatoms. The SMILES string of the molecule is COc1ccc(O)c(C(C)NCC2CCN(C(C)C)C2)c1. The minimum Gasteiger partial charge on any atom is -0.508 e. The van der Waals surface area contributed by atoms with Crippen LogP contribution in [0, 0.1) is 5.92 Å². The summed E-state index contributed by atoms with van der Waals surface area (Å²) in [5.74, 6) is 1.80. The van der Waals surface area contributed by atoms with Crippen molar-refractivity contribution in [3.8, 4) is 11.5 Å². The highest BCUT2D eigenvalue weighted by Crippen LogP contribution is 2.28. The van der Waals surface area contributed by atoms with Gasteiger partial charge in [-0.25, -0.2) is 0 Å². The Bertz CT molecular complexity index is 462. The lowest BCUT2D eigenvalue weighted by atomic mass is 10.0. The zero-order valence-corrected chi connectivity index (χ0v) is 13.6. The van der Waals surface area contributed by atoms with Crippen molar-refractivity contribution in [3.63, 3.8) is 0 Å². The van der Waals surface area contributed by atoms with E-state index in [0.29, 0.717) is 17.7 Å². The predicted molar refractivity (Wildman–Crippen MR) is 85.9 cm³/mol. The van der Waals surface area contributed by atoms with E-state index < -0.39 is 0 Å². The first kappa shape index (κ1) is 16.1. The quantitative estimate of drug-likeness (QED) is 0.846. The maximum absolute atomic E-state index is 10.0. The Morgan fingerprint density at radius 1 is 1.38 bits per heavy atom. The van der Waals surface area contributed by atoms with Crippen molar-refractivity contribution in [3.05, 3.63) is 23.8 Å². The molecule has 2 atom stereocenters. The van der Waals surface area contributed by atoms with E-state index in [9.17, 15) is 5.11 Å². The van der Waals surface area contributed by atoms with E-state index in [2.05, 4.69) is 31.0 Å². The zero-order valence-electron chi connectivity index (χ0n) is 13.6. The Labute approximate surface area is 128 Å². The number of phenols is 1. The summed E-state index contributed by atoms with van der Waals surface area (Å²) in [5, 5.41) is 13.6. The summed E-state index contributed by atoms with van der Waals surface area (Å²) in [6, 6.07) is 6.14. The van der Waals surface area contributed by atoms with E-state index in [1.807, 2.05) is 6.07 Å². The number of hydrogen-bond donors (Lipinski definition) is 2. The van der Waals surface area contributed by atoms with Crippen LogP contribution in [0.25, 0.3) is 0 Å². The average molecular weight is 292 g/mol. The minimum atomic E-state index is 0.119. The molecule has 0 saturated carbocycles. The van der Waals surface area contributed by atoms with Crippen LogP contribution in [-0.4, -0.2) is 42.8 Å². The third-order valence-corrected chi connectivity index (χ3v) is 4.46. The monoisotopic (exact) mass is 292 g/mol. The van der Waals surface area contributed by atoms with Crippen molar-refractivity contribution in [1.29, 1.82) is 0 Å². The maximum atomic E-state index is 10.0. The summed E-state index contributed by atoms with van der Waals surface area (Å²) >= 11 is 0. The van der Waals surface area contributed by atoms with Gasteiger partial charge in [0, 0.05) is 24.2 Å². The standard InChI is InChI=1S/C17H28N2O2/c1-12(2)19-8-7-14(11-19)10-18-13(3)16-9-15(21-4)5-6-17(16)20/h5-6,9,12-14,18,20H,7-8,10-11H2,1-4H3. The third-order valence-electron chi connectivity index (χ3n) is 4.46. The van der Waals surface area contributed by atoms with Gasteiger partial charge in [0.2, 0.25) is 0 Å². The van der Waals surface area contributed by atoms with Crippen molar-refractivity contribution in [2.75, 3.05) is 26.7 Å². The summed E-state index contributed by atoms with van der Waals surface area (Å²) in [4.78, 5) is 2.53. The van der Waals surface area contributed by atoms with Crippen molar-refractivity contribution >= 4 is 0 Å². The Kier molecular flexibility index (Phi) is 5.48. The molecule has 2 rings (SSSR count). The van der Waals surface area contributed by atoms with Crippen LogP contribution in [0.5, 0.6) is 11.5 Å². The molecule has 1 aromatic carbocycles. The van der Waals surface area contributed by atoms with E-state index in [1.165, 1.54) is 19.5 Å². The molecule has 4 nitrogen and oxygen atoms in total.